The van der Waals surface area contributed by atoms with Crippen LogP contribution in [0.3, 0.4) is 0 Å². The Hall–Kier alpha value is -5.74. The van der Waals surface area contributed by atoms with Crippen LogP contribution in [0.2, 0.25) is 0 Å². The van der Waals surface area contributed by atoms with Crippen molar-refractivity contribution < 1.29 is 0 Å². The molecular weight excluding hydrogens is 849 g/mol. The van der Waals surface area contributed by atoms with E-state index in [1.54, 1.807) is 0 Å². The second kappa shape index (κ2) is 19.5. The zero-order valence-electron chi connectivity index (χ0n) is 46.1. The highest BCUT2D eigenvalue weighted by molar-refractivity contribution is 6.00. The van der Waals surface area contributed by atoms with Gasteiger partial charge in [-0.2, -0.15) is 0 Å². The molecule has 6 aromatic rings. The van der Waals surface area contributed by atoms with E-state index in [0.29, 0.717) is 47.3 Å². The minimum Gasteiger partial charge on any atom is -0.291 e. The first kappa shape index (κ1) is 50.6. The van der Waals surface area contributed by atoms with E-state index >= 15 is 0 Å². The lowest BCUT2D eigenvalue weighted by atomic mass is 9.86. The van der Waals surface area contributed by atoms with E-state index in [4.69, 9.17) is 0 Å². The molecule has 0 radical (unpaired) electrons. The van der Waals surface area contributed by atoms with E-state index in [2.05, 4.69) is 278 Å². The van der Waals surface area contributed by atoms with Gasteiger partial charge in [-0.3, -0.25) is 19.6 Å². The Morgan fingerprint density at radius 1 is 0.271 bits per heavy atom. The molecule has 0 spiro atoms. The number of benzene rings is 6. The lowest BCUT2D eigenvalue weighted by Crippen LogP contribution is -2.33. The zero-order valence-corrected chi connectivity index (χ0v) is 46.1. The molecule has 2 aliphatic heterocycles. The molecule has 0 saturated heterocycles. The van der Waals surface area contributed by atoms with Crippen LogP contribution in [0.15, 0.2) is 145 Å². The van der Waals surface area contributed by atoms with Crippen LogP contribution < -0.4 is 19.6 Å². The minimum absolute atomic E-state index is 0.0681. The largest absolute Gasteiger partial charge is 0.291 e. The number of nitrogens with zero attached hydrogens (tertiary/aromatic N) is 4. The van der Waals surface area contributed by atoms with E-state index in [0.717, 1.165) is 45.8 Å². The maximum absolute atomic E-state index is 2.58. The van der Waals surface area contributed by atoms with Crippen LogP contribution in [0.4, 0.5) is 45.5 Å². The van der Waals surface area contributed by atoms with Gasteiger partial charge < -0.3 is 0 Å². The zero-order chi connectivity index (χ0) is 50.7. The van der Waals surface area contributed by atoms with Crippen LogP contribution in [0.1, 0.15) is 182 Å². The predicted molar refractivity (Wildman–Crippen MR) is 305 cm³/mol. The number of hydrogen-bond acceptors (Lipinski definition) is 4. The van der Waals surface area contributed by atoms with E-state index in [9.17, 15) is 0 Å². The molecule has 6 aromatic carbocycles. The molecule has 4 unspecified atom stereocenters. The Morgan fingerprint density at radius 2 is 0.486 bits per heavy atom. The third-order valence-electron chi connectivity index (χ3n) is 16.4. The van der Waals surface area contributed by atoms with Crippen molar-refractivity contribution in [2.75, 3.05) is 19.6 Å². The van der Waals surface area contributed by atoms with E-state index < -0.39 is 0 Å². The molecule has 4 heteroatoms. The molecule has 368 valence electrons. The first-order chi connectivity index (χ1) is 33.0. The molecule has 4 nitrogen and oxygen atoms in total. The molecule has 2 aliphatic rings. The SMILES string of the molecule is CC(C)C(C)c1ccc(N2/C(=C3/N(c4ccc(C(C)C(C)C)cc4)c4ccc(C(C)(C)C)cc4N3c3ccc(C(C)C(C)C)cc3)N(c3ccc(C(C)C(C)C)cc3)c3cc(C(C)(C)C)ccc32)cc1. The number of anilines is 8. The van der Waals surface area contributed by atoms with Gasteiger partial charge in [0.15, 0.2) is 11.6 Å². The Kier molecular flexibility index (Phi) is 14.1. The summed E-state index contributed by atoms with van der Waals surface area (Å²) in [7, 11) is 0. The van der Waals surface area contributed by atoms with E-state index in [-0.39, 0.29) is 10.8 Å². The molecule has 4 atom stereocenters. The lowest BCUT2D eigenvalue weighted by Gasteiger charge is -2.34. The summed E-state index contributed by atoms with van der Waals surface area (Å²) in [5, 5.41) is 0. The van der Waals surface area contributed by atoms with Gasteiger partial charge in [0.2, 0.25) is 0 Å². The third-order valence-corrected chi connectivity index (χ3v) is 16.4. The molecule has 0 amide bonds. The highest BCUT2D eigenvalue weighted by Crippen LogP contribution is 2.58. The Bertz CT molecular complexity index is 2600. The maximum atomic E-state index is 2.58. The molecule has 0 bridgehead atoms. The summed E-state index contributed by atoms with van der Waals surface area (Å²) in [6.45, 7) is 42.0. The smallest absolute Gasteiger partial charge is 0.166 e. The van der Waals surface area contributed by atoms with Crippen molar-refractivity contribution in [2.24, 2.45) is 23.7 Å². The van der Waals surface area contributed by atoms with Crippen molar-refractivity contribution in [2.45, 2.75) is 159 Å². The second-order valence-electron chi connectivity index (χ2n) is 24.4. The Labute approximate surface area is 424 Å². The maximum Gasteiger partial charge on any atom is 0.166 e. The highest BCUT2D eigenvalue weighted by atomic mass is 15.5. The van der Waals surface area contributed by atoms with Crippen LogP contribution in [0.25, 0.3) is 0 Å². The van der Waals surface area contributed by atoms with Gasteiger partial charge in [0, 0.05) is 22.7 Å². The third kappa shape index (κ3) is 9.57. The summed E-state index contributed by atoms with van der Waals surface area (Å²) in [6.07, 6.45) is 0. The van der Waals surface area contributed by atoms with Crippen molar-refractivity contribution in [3.8, 4) is 0 Å². The molecule has 0 fully saturated rings. The van der Waals surface area contributed by atoms with Crippen molar-refractivity contribution in [1.29, 1.82) is 0 Å². The van der Waals surface area contributed by atoms with Gasteiger partial charge in [-0.05, 0) is 164 Å². The average Bonchev–Trinajstić information content (AvgIpc) is 3.85. The van der Waals surface area contributed by atoms with Crippen LogP contribution in [0, 0.1) is 23.7 Å². The first-order valence-electron chi connectivity index (χ1n) is 26.6. The van der Waals surface area contributed by atoms with Gasteiger partial charge in [0.25, 0.3) is 0 Å². The van der Waals surface area contributed by atoms with Crippen molar-refractivity contribution in [1.82, 2.24) is 0 Å². The summed E-state index contributed by atoms with van der Waals surface area (Å²) in [4.78, 5) is 10.3. The van der Waals surface area contributed by atoms with Gasteiger partial charge in [-0.15, -0.1) is 0 Å². The van der Waals surface area contributed by atoms with E-state index in [1.807, 2.05) is 0 Å². The van der Waals surface area contributed by atoms with Crippen LogP contribution >= 0.6 is 0 Å². The fourth-order valence-electron chi connectivity index (χ4n) is 10.1. The molecule has 0 aliphatic carbocycles. The van der Waals surface area contributed by atoms with Gasteiger partial charge in [-0.25, -0.2) is 0 Å². The monoisotopic (exact) mass is 933 g/mol. The van der Waals surface area contributed by atoms with Crippen molar-refractivity contribution in [3.63, 3.8) is 0 Å². The summed E-state index contributed by atoms with van der Waals surface area (Å²) in [5.41, 5.74) is 17.1. The summed E-state index contributed by atoms with van der Waals surface area (Å²) >= 11 is 0. The van der Waals surface area contributed by atoms with E-state index in [1.165, 1.54) is 44.8 Å². The summed E-state index contributed by atoms with van der Waals surface area (Å²) < 4.78 is 0. The first-order valence-corrected chi connectivity index (χ1v) is 26.6. The number of hydrogen-bond donors (Lipinski definition) is 0. The molecular formula is C66H84N4. The van der Waals surface area contributed by atoms with Gasteiger partial charge in [0.1, 0.15) is 0 Å². The quantitative estimate of drug-likeness (QED) is 0.121. The average molecular weight is 933 g/mol. The van der Waals surface area contributed by atoms with Gasteiger partial charge in [-0.1, -0.05) is 185 Å². The Morgan fingerprint density at radius 3 is 0.686 bits per heavy atom. The lowest BCUT2D eigenvalue weighted by molar-refractivity contribution is 0.535. The number of rotatable bonds is 12. The fourth-order valence-corrected chi connectivity index (χ4v) is 10.1. The standard InChI is InChI=1S/C66H84N4/c1-41(2)45(9)49-19-29-55(30-20-49)67-59-37-27-53(65(13,14)15)39-61(59)69(57-33-23-51(24-34-57)47(11)43(5)6)63(67)64-68(56-31-21-50(22-32-56)46(10)42(3)4)60-38-28-54(66(16,17)18)40-62(60)70(64)58-35-25-52(26-36-58)48(12)44(7)8/h19-48H,1-18H3/b64-63+. The predicted octanol–water partition coefficient (Wildman–Crippen LogP) is 19.7. The molecule has 0 N–H and O–H groups in total. The van der Waals surface area contributed by atoms with Crippen LogP contribution in [-0.4, -0.2) is 0 Å². The summed E-state index contributed by atoms with van der Waals surface area (Å²) in [6, 6.07) is 52.3. The summed E-state index contributed by atoms with van der Waals surface area (Å²) in [5.74, 6) is 6.04. The normalized spacial score (nSPS) is 17.0. The molecule has 8 rings (SSSR count). The van der Waals surface area contributed by atoms with Gasteiger partial charge >= 0.3 is 0 Å². The number of fused-ring (bicyclic) bond motifs is 2. The molecule has 0 aromatic heterocycles. The fraction of sp³-hybridized carbons (Fsp3) is 0.424. The Balaban J connectivity index is 1.53. The van der Waals surface area contributed by atoms with Gasteiger partial charge in [0.05, 0.1) is 22.7 Å². The molecule has 2 heterocycles. The molecule has 0 saturated carbocycles. The van der Waals surface area contributed by atoms with Crippen molar-refractivity contribution in [3.05, 3.63) is 178 Å². The van der Waals surface area contributed by atoms with Crippen LogP contribution in [0.5, 0.6) is 0 Å². The van der Waals surface area contributed by atoms with Crippen molar-refractivity contribution >= 4 is 45.5 Å². The minimum atomic E-state index is -0.0681. The second-order valence-corrected chi connectivity index (χ2v) is 24.4. The van der Waals surface area contributed by atoms with Crippen LogP contribution in [-0.2, 0) is 10.8 Å². The highest BCUT2D eigenvalue weighted by Gasteiger charge is 2.45. The topological polar surface area (TPSA) is 13.0 Å². The molecule has 70 heavy (non-hydrogen) atoms.